The van der Waals surface area contributed by atoms with Crippen molar-refractivity contribution in [1.29, 1.82) is 0 Å². The monoisotopic (exact) mass is 450 g/mol. The van der Waals surface area contributed by atoms with E-state index in [9.17, 15) is 9.18 Å². The standard InChI is InChI=1S/C24H27FN6O2/c25-22-6-3-19(15-27-22)20-4-5-21(24(31-20)29-14-18-2-1-9-26-12-18)30-23(16-32)28-13-17-7-10-33-11-8-17/h1-6,9,12,16-17,27H,7-8,10-11,13-15H2,(H,28,30)(H,29,31). The molecule has 9 heteroatoms. The van der Waals surface area contributed by atoms with Crippen LogP contribution >= 0.6 is 0 Å². The molecule has 2 aromatic heterocycles. The maximum absolute atomic E-state index is 13.3. The van der Waals surface area contributed by atoms with Crippen LogP contribution in [0.2, 0.25) is 0 Å². The van der Waals surface area contributed by atoms with Crippen LogP contribution in [0, 0.1) is 5.92 Å². The van der Waals surface area contributed by atoms with Crippen LogP contribution in [0.15, 0.2) is 59.8 Å². The van der Waals surface area contributed by atoms with Crippen LogP contribution in [0.3, 0.4) is 0 Å². The van der Waals surface area contributed by atoms with E-state index in [1.54, 1.807) is 18.5 Å². The summed E-state index contributed by atoms with van der Waals surface area (Å²) in [6.07, 6.45) is 9.19. The van der Waals surface area contributed by atoms with Crippen LogP contribution in [0.5, 0.6) is 0 Å². The third kappa shape index (κ3) is 6.45. The molecule has 2 aromatic rings. The minimum atomic E-state index is -0.372. The molecule has 0 spiro atoms. The van der Waals surface area contributed by atoms with Gasteiger partial charge in [-0.25, -0.2) is 4.98 Å². The number of ether oxygens (including phenoxy) is 1. The molecule has 172 valence electrons. The zero-order chi connectivity index (χ0) is 22.9. The Balaban J connectivity index is 1.54. The molecule has 33 heavy (non-hydrogen) atoms. The maximum Gasteiger partial charge on any atom is 0.187 e. The number of aromatic nitrogens is 2. The molecule has 0 aromatic carbocycles. The van der Waals surface area contributed by atoms with Gasteiger partial charge in [0.25, 0.3) is 0 Å². The zero-order valence-corrected chi connectivity index (χ0v) is 18.3. The molecular formula is C24H27FN6O2. The molecule has 0 bridgehead atoms. The number of halogens is 1. The first kappa shape index (κ1) is 22.6. The van der Waals surface area contributed by atoms with Crippen molar-refractivity contribution in [1.82, 2.24) is 15.3 Å². The average Bonchev–Trinajstić information content (AvgIpc) is 2.87. The van der Waals surface area contributed by atoms with Gasteiger partial charge in [-0.2, -0.15) is 4.39 Å². The fourth-order valence-electron chi connectivity index (χ4n) is 3.61. The Morgan fingerprint density at radius 3 is 2.88 bits per heavy atom. The van der Waals surface area contributed by atoms with Gasteiger partial charge in [0.05, 0.1) is 11.4 Å². The van der Waals surface area contributed by atoms with Gasteiger partial charge in [0.15, 0.2) is 23.9 Å². The summed E-state index contributed by atoms with van der Waals surface area (Å²) in [6, 6.07) is 7.51. The number of hydrogen-bond acceptors (Lipinski definition) is 7. The van der Waals surface area contributed by atoms with Crippen molar-refractivity contribution < 1.29 is 13.9 Å². The summed E-state index contributed by atoms with van der Waals surface area (Å²) in [4.78, 5) is 25.0. The Labute approximate surface area is 192 Å². The third-order valence-corrected chi connectivity index (χ3v) is 5.52. The summed E-state index contributed by atoms with van der Waals surface area (Å²) in [5.41, 5.74) is 3.18. The number of aldehydes is 1. The lowest BCUT2D eigenvalue weighted by molar-refractivity contribution is -0.102. The van der Waals surface area contributed by atoms with Crippen molar-refractivity contribution in [3.63, 3.8) is 0 Å². The molecule has 0 radical (unpaired) electrons. The molecule has 0 unspecified atom stereocenters. The predicted octanol–water partition coefficient (Wildman–Crippen LogP) is 3.32. The maximum atomic E-state index is 13.3. The van der Waals surface area contributed by atoms with Gasteiger partial charge in [0.2, 0.25) is 0 Å². The number of anilines is 2. The first-order chi connectivity index (χ1) is 16.2. The molecule has 0 aliphatic carbocycles. The third-order valence-electron chi connectivity index (χ3n) is 5.52. The largest absolute Gasteiger partial charge is 0.381 e. The normalized spacial score (nSPS) is 16.9. The summed E-state index contributed by atoms with van der Waals surface area (Å²) in [5.74, 6) is 0.860. The molecule has 0 saturated carbocycles. The van der Waals surface area contributed by atoms with Crippen LogP contribution in [-0.4, -0.2) is 48.4 Å². The van der Waals surface area contributed by atoms with Crippen molar-refractivity contribution in [3.05, 3.63) is 66.0 Å². The molecule has 0 amide bonds. The van der Waals surface area contributed by atoms with E-state index >= 15 is 0 Å². The number of hydrogen-bond donors (Lipinski definition) is 3. The molecule has 1 saturated heterocycles. The van der Waals surface area contributed by atoms with Gasteiger partial charge in [0, 0.05) is 45.2 Å². The van der Waals surface area contributed by atoms with Gasteiger partial charge in [-0.15, -0.1) is 0 Å². The lowest BCUT2D eigenvalue weighted by Gasteiger charge is -2.20. The highest BCUT2D eigenvalue weighted by Gasteiger charge is 2.15. The number of nitrogens with zero attached hydrogens (tertiary/aromatic N) is 3. The number of allylic oxidation sites excluding steroid dienone is 2. The highest BCUT2D eigenvalue weighted by molar-refractivity contribution is 6.33. The second kappa shape index (κ2) is 11.3. The summed E-state index contributed by atoms with van der Waals surface area (Å²) in [6.45, 7) is 2.89. The number of pyridine rings is 2. The Morgan fingerprint density at radius 2 is 2.15 bits per heavy atom. The Bertz CT molecular complexity index is 1050. The molecule has 8 nitrogen and oxygen atoms in total. The van der Waals surface area contributed by atoms with E-state index in [-0.39, 0.29) is 11.8 Å². The van der Waals surface area contributed by atoms with E-state index in [1.807, 2.05) is 24.3 Å². The lowest BCUT2D eigenvalue weighted by atomic mass is 10.0. The SMILES string of the molecule is O=CC(=NCC1CCOCC1)Nc1ccc(C2=CC=C(F)NC2)nc1NCc1cccnc1. The predicted molar refractivity (Wildman–Crippen MR) is 127 cm³/mol. The number of amidine groups is 1. The van der Waals surface area contributed by atoms with Crippen molar-refractivity contribution in [2.24, 2.45) is 10.9 Å². The first-order valence-electron chi connectivity index (χ1n) is 11.0. The molecule has 2 aliphatic rings. The zero-order valence-electron chi connectivity index (χ0n) is 18.3. The van der Waals surface area contributed by atoms with Gasteiger partial charge < -0.3 is 20.7 Å². The quantitative estimate of drug-likeness (QED) is 0.245. The summed E-state index contributed by atoms with van der Waals surface area (Å²) in [7, 11) is 0. The van der Waals surface area contributed by atoms with Crippen LogP contribution in [0.1, 0.15) is 24.1 Å². The molecular weight excluding hydrogens is 423 g/mol. The van der Waals surface area contributed by atoms with Gasteiger partial charge in [-0.3, -0.25) is 14.8 Å². The van der Waals surface area contributed by atoms with E-state index < -0.39 is 0 Å². The minimum absolute atomic E-state index is 0.254. The molecule has 3 N–H and O–H groups in total. The van der Waals surface area contributed by atoms with Crippen molar-refractivity contribution in [2.45, 2.75) is 19.4 Å². The van der Waals surface area contributed by atoms with Gasteiger partial charge in [-0.1, -0.05) is 12.1 Å². The van der Waals surface area contributed by atoms with E-state index in [1.165, 1.54) is 6.08 Å². The smallest absolute Gasteiger partial charge is 0.187 e. The molecule has 4 heterocycles. The van der Waals surface area contributed by atoms with E-state index in [2.05, 4.69) is 25.9 Å². The van der Waals surface area contributed by atoms with Gasteiger partial charge >= 0.3 is 0 Å². The van der Waals surface area contributed by atoms with Crippen molar-refractivity contribution in [3.8, 4) is 0 Å². The highest BCUT2D eigenvalue weighted by atomic mass is 19.1. The van der Waals surface area contributed by atoms with Crippen LogP contribution < -0.4 is 16.0 Å². The number of nitrogens with one attached hydrogen (secondary N) is 3. The van der Waals surface area contributed by atoms with Crippen molar-refractivity contribution in [2.75, 3.05) is 36.9 Å². The van der Waals surface area contributed by atoms with Crippen molar-refractivity contribution >= 4 is 29.2 Å². The van der Waals surface area contributed by atoms with Gasteiger partial charge in [-0.05, 0) is 54.2 Å². The van der Waals surface area contributed by atoms with Crippen LogP contribution in [0.25, 0.3) is 5.57 Å². The summed E-state index contributed by atoms with van der Waals surface area (Å²) in [5, 5.41) is 9.11. The second-order valence-electron chi connectivity index (χ2n) is 7.89. The highest BCUT2D eigenvalue weighted by Crippen LogP contribution is 2.25. The Hall–Kier alpha value is -3.59. The number of carbonyl (C=O) groups is 1. The molecule has 4 rings (SSSR count). The second-order valence-corrected chi connectivity index (χ2v) is 7.89. The number of aliphatic imine (C=N–C) groups is 1. The Kier molecular flexibility index (Phi) is 7.76. The number of rotatable bonds is 8. The summed E-state index contributed by atoms with van der Waals surface area (Å²) >= 11 is 0. The fourth-order valence-corrected chi connectivity index (χ4v) is 3.61. The molecule has 1 fully saturated rings. The van der Waals surface area contributed by atoms with E-state index in [0.29, 0.717) is 42.8 Å². The molecule has 0 atom stereocenters. The minimum Gasteiger partial charge on any atom is -0.381 e. The molecule has 2 aliphatic heterocycles. The first-order valence-corrected chi connectivity index (χ1v) is 11.0. The average molecular weight is 451 g/mol. The summed E-state index contributed by atoms with van der Waals surface area (Å²) < 4.78 is 18.7. The van der Waals surface area contributed by atoms with Gasteiger partial charge in [0.1, 0.15) is 0 Å². The van der Waals surface area contributed by atoms with E-state index in [0.717, 1.165) is 43.5 Å². The Morgan fingerprint density at radius 1 is 1.27 bits per heavy atom. The number of dihydropyridines is 1. The van der Waals surface area contributed by atoms with Crippen LogP contribution in [-0.2, 0) is 16.1 Å². The van der Waals surface area contributed by atoms with E-state index in [4.69, 9.17) is 9.72 Å². The lowest BCUT2D eigenvalue weighted by Crippen LogP contribution is -2.21. The van der Waals surface area contributed by atoms with Crippen LogP contribution in [0.4, 0.5) is 15.9 Å². The number of carbonyl (C=O) groups excluding carboxylic acids is 1. The topological polar surface area (TPSA) is 101 Å². The fraction of sp³-hybridized carbons (Fsp3) is 0.333.